The average Bonchev–Trinajstić information content (AvgIpc) is 3.02. The van der Waals surface area contributed by atoms with E-state index < -0.39 is 0 Å². The number of aromatic nitrogens is 4. The number of thioether (sulfide) groups is 1. The number of aliphatic imine (C=N–C) groups is 1. The molecule has 0 aliphatic rings. The molecule has 0 atom stereocenters. The average molecular weight is 289 g/mol. The van der Waals surface area contributed by atoms with Crippen LogP contribution in [0.15, 0.2) is 45.1 Å². The first kappa shape index (κ1) is 12.7. The molecule has 3 aromatic rings. The Kier molecular flexibility index (Phi) is 3.38. The summed E-state index contributed by atoms with van der Waals surface area (Å²) in [6.45, 7) is 0. The Morgan fingerprint density at radius 1 is 1.50 bits per heavy atom. The van der Waals surface area contributed by atoms with E-state index in [0.29, 0.717) is 5.16 Å². The molecule has 1 N–H and O–H groups in total. The van der Waals surface area contributed by atoms with Crippen molar-refractivity contribution >= 4 is 34.6 Å². The molecule has 3 rings (SSSR count). The molecule has 102 valence electrons. The van der Waals surface area contributed by atoms with Crippen LogP contribution >= 0.6 is 11.8 Å². The van der Waals surface area contributed by atoms with Crippen molar-refractivity contribution in [3.05, 3.63) is 30.5 Å². The number of aromatic amines is 1. The Labute approximate surface area is 118 Å². The topological polar surface area (TPSA) is 94.0 Å². The minimum absolute atomic E-state index is 0.185. The third-order valence-electron chi connectivity index (χ3n) is 2.50. The summed E-state index contributed by atoms with van der Waals surface area (Å²) in [6, 6.07) is 7.70. The number of nitrogens with one attached hydrogen (secondary N) is 1. The van der Waals surface area contributed by atoms with Crippen LogP contribution in [-0.4, -0.2) is 26.9 Å². The monoisotopic (exact) mass is 289 g/mol. The summed E-state index contributed by atoms with van der Waals surface area (Å²) < 4.78 is 6.27. The fraction of sp³-hybridized carbons (Fsp3) is 0.167. The number of aryl methyl sites for hydroxylation is 1. The van der Waals surface area contributed by atoms with Crippen molar-refractivity contribution < 1.29 is 14.3 Å². The van der Waals surface area contributed by atoms with Gasteiger partial charge in [-0.05, 0) is 18.0 Å². The standard InChI is InChI=1S/C12H11N5O2S/c1-17-6-11(19-16-17)15-10(18)7-20-12-13-8-4-2-3-5-9(8)14-12/h2-6H,7H2,1H3,(H-,13,14,15,16,18). The number of imidazole rings is 1. The van der Waals surface area contributed by atoms with Crippen LogP contribution in [0.3, 0.4) is 0 Å². The molecule has 2 aromatic heterocycles. The highest BCUT2D eigenvalue weighted by molar-refractivity contribution is 7.99. The molecular formula is C12H11N5O2S. The molecule has 0 aliphatic carbocycles. The Morgan fingerprint density at radius 3 is 3.10 bits per heavy atom. The summed E-state index contributed by atoms with van der Waals surface area (Å²) in [6.07, 6.45) is 1.53. The summed E-state index contributed by atoms with van der Waals surface area (Å²) >= 11 is 1.30. The molecule has 0 fully saturated rings. The predicted octanol–water partition coefficient (Wildman–Crippen LogP) is 0.558. The van der Waals surface area contributed by atoms with Crippen LogP contribution in [0.5, 0.6) is 0 Å². The molecule has 0 spiro atoms. The van der Waals surface area contributed by atoms with Gasteiger partial charge in [0.15, 0.2) is 17.5 Å². The van der Waals surface area contributed by atoms with Gasteiger partial charge >= 0.3 is 5.88 Å². The van der Waals surface area contributed by atoms with E-state index in [-0.39, 0.29) is 17.5 Å². The minimum atomic E-state index is -0.299. The number of rotatable bonds is 4. The zero-order valence-corrected chi connectivity index (χ0v) is 11.4. The van der Waals surface area contributed by atoms with E-state index in [4.69, 9.17) is 4.52 Å². The summed E-state index contributed by atoms with van der Waals surface area (Å²) in [5.74, 6) is 0.0828. The lowest BCUT2D eigenvalue weighted by molar-refractivity contribution is -0.739. The van der Waals surface area contributed by atoms with Gasteiger partial charge in [0.2, 0.25) is 0 Å². The minimum Gasteiger partial charge on any atom is -0.861 e. The van der Waals surface area contributed by atoms with Crippen LogP contribution in [0.4, 0.5) is 5.88 Å². The number of H-pyrrole nitrogens is 1. The molecular weight excluding hydrogens is 278 g/mol. The predicted molar refractivity (Wildman–Crippen MR) is 71.6 cm³/mol. The van der Waals surface area contributed by atoms with E-state index in [1.165, 1.54) is 22.6 Å². The number of benzene rings is 1. The van der Waals surface area contributed by atoms with Gasteiger partial charge in [-0.15, -0.1) is 0 Å². The molecule has 8 heteroatoms. The molecule has 0 amide bonds. The van der Waals surface area contributed by atoms with Gasteiger partial charge in [-0.25, -0.2) is 9.98 Å². The van der Waals surface area contributed by atoms with Crippen molar-refractivity contribution in [2.75, 3.05) is 5.75 Å². The fourth-order valence-corrected chi connectivity index (χ4v) is 2.32. The Balaban J connectivity index is 1.68. The largest absolute Gasteiger partial charge is 0.861 e. The molecule has 7 nitrogen and oxygen atoms in total. The van der Waals surface area contributed by atoms with Gasteiger partial charge in [-0.2, -0.15) is 0 Å². The number of hydrogen-bond acceptors (Lipinski definition) is 6. The van der Waals surface area contributed by atoms with E-state index in [9.17, 15) is 5.11 Å². The quantitative estimate of drug-likeness (QED) is 0.328. The molecule has 0 saturated carbocycles. The molecule has 1 aromatic carbocycles. The van der Waals surface area contributed by atoms with E-state index in [1.54, 1.807) is 7.05 Å². The first-order valence-corrected chi connectivity index (χ1v) is 6.84. The lowest BCUT2D eigenvalue weighted by atomic mass is 10.3. The Morgan fingerprint density at radius 2 is 2.35 bits per heavy atom. The van der Waals surface area contributed by atoms with Crippen molar-refractivity contribution in [3.63, 3.8) is 0 Å². The van der Waals surface area contributed by atoms with Crippen LogP contribution in [0, 0.1) is 0 Å². The number of para-hydroxylation sites is 2. The van der Waals surface area contributed by atoms with E-state index in [1.807, 2.05) is 24.3 Å². The van der Waals surface area contributed by atoms with Crippen molar-refractivity contribution in [1.82, 2.24) is 15.2 Å². The maximum absolute atomic E-state index is 11.7. The Hall–Kier alpha value is -2.35. The molecule has 2 heterocycles. The summed E-state index contributed by atoms with van der Waals surface area (Å²) in [5, 5.41) is 16.0. The molecule has 0 bridgehead atoms. The lowest BCUT2D eigenvalue weighted by Crippen LogP contribution is -2.27. The first-order valence-electron chi connectivity index (χ1n) is 5.85. The summed E-state index contributed by atoms with van der Waals surface area (Å²) in [7, 11) is 1.69. The van der Waals surface area contributed by atoms with Crippen LogP contribution in [0.1, 0.15) is 0 Å². The van der Waals surface area contributed by atoms with Gasteiger partial charge in [0, 0.05) is 5.75 Å². The second-order valence-electron chi connectivity index (χ2n) is 4.07. The SMILES string of the molecule is C[n+]1cc(/N=C(/[O-])CSc2nc3ccccc3[nH]2)on1. The molecule has 0 radical (unpaired) electrons. The Bertz CT molecular complexity index is 731. The highest BCUT2D eigenvalue weighted by atomic mass is 32.2. The van der Waals surface area contributed by atoms with E-state index in [2.05, 4.69) is 20.2 Å². The number of fused-ring (bicyclic) bond motifs is 1. The van der Waals surface area contributed by atoms with Gasteiger partial charge in [-0.1, -0.05) is 28.6 Å². The molecule has 0 aliphatic heterocycles. The van der Waals surface area contributed by atoms with Crippen molar-refractivity contribution in [2.24, 2.45) is 12.0 Å². The van der Waals surface area contributed by atoms with Crippen molar-refractivity contribution in [3.8, 4) is 0 Å². The molecule has 0 unspecified atom stereocenters. The van der Waals surface area contributed by atoms with Crippen molar-refractivity contribution in [2.45, 2.75) is 5.16 Å². The highest BCUT2D eigenvalue weighted by Crippen LogP contribution is 2.19. The zero-order chi connectivity index (χ0) is 13.9. The van der Waals surface area contributed by atoms with Gasteiger partial charge in [0.25, 0.3) is 6.20 Å². The third-order valence-corrected chi connectivity index (χ3v) is 3.35. The smallest absolute Gasteiger partial charge is 0.320 e. The van der Waals surface area contributed by atoms with Crippen LogP contribution in [0.2, 0.25) is 0 Å². The lowest BCUT2D eigenvalue weighted by Gasteiger charge is -2.06. The van der Waals surface area contributed by atoms with E-state index >= 15 is 0 Å². The number of nitrogens with zero attached hydrogens (tertiary/aromatic N) is 4. The van der Waals surface area contributed by atoms with E-state index in [0.717, 1.165) is 11.0 Å². The number of hydrogen-bond donors (Lipinski definition) is 1. The second-order valence-corrected chi connectivity index (χ2v) is 5.03. The summed E-state index contributed by atoms with van der Waals surface area (Å²) in [5.41, 5.74) is 1.82. The van der Waals surface area contributed by atoms with Gasteiger partial charge in [-0.3, -0.25) is 4.52 Å². The fourth-order valence-electron chi connectivity index (χ4n) is 1.65. The second kappa shape index (κ2) is 5.33. The normalized spacial score (nSPS) is 12.2. The van der Waals surface area contributed by atoms with Crippen LogP contribution in [0.25, 0.3) is 11.0 Å². The van der Waals surface area contributed by atoms with Crippen LogP contribution in [-0.2, 0) is 7.05 Å². The van der Waals surface area contributed by atoms with Gasteiger partial charge < -0.3 is 10.1 Å². The summed E-state index contributed by atoms with van der Waals surface area (Å²) in [4.78, 5) is 11.3. The molecule has 0 saturated heterocycles. The third kappa shape index (κ3) is 2.80. The van der Waals surface area contributed by atoms with Crippen LogP contribution < -0.4 is 9.79 Å². The highest BCUT2D eigenvalue weighted by Gasteiger charge is 2.05. The maximum Gasteiger partial charge on any atom is 0.320 e. The first-order chi connectivity index (χ1) is 9.70. The van der Waals surface area contributed by atoms with Gasteiger partial charge in [0.1, 0.15) is 0 Å². The maximum atomic E-state index is 11.7. The molecule has 20 heavy (non-hydrogen) atoms. The van der Waals surface area contributed by atoms with Gasteiger partial charge in [0.05, 0.1) is 11.0 Å². The van der Waals surface area contributed by atoms with Crippen molar-refractivity contribution in [1.29, 1.82) is 0 Å². The zero-order valence-electron chi connectivity index (χ0n) is 10.6.